The van der Waals surface area contributed by atoms with Crippen LogP contribution in [0.15, 0.2) is 35.3 Å². The number of aromatic nitrogens is 1. The number of benzene rings is 2. The number of amides is 2. The first-order chi connectivity index (χ1) is 19.4. The van der Waals surface area contributed by atoms with Gasteiger partial charge in [-0.25, -0.2) is 4.39 Å². The lowest BCUT2D eigenvalue weighted by Crippen LogP contribution is -2.49. The Morgan fingerprint density at radius 1 is 1.07 bits per heavy atom. The third-order valence-corrected chi connectivity index (χ3v) is 8.64. The molecule has 0 unspecified atom stereocenters. The van der Waals surface area contributed by atoms with Crippen LogP contribution < -0.4 is 20.4 Å². The molecule has 2 fully saturated rings. The van der Waals surface area contributed by atoms with Crippen molar-refractivity contribution in [3.8, 4) is 17.2 Å². The Bertz CT molecular complexity index is 1560. The summed E-state index contributed by atoms with van der Waals surface area (Å²) in [6.07, 6.45) is 4.29. The van der Waals surface area contributed by atoms with E-state index in [4.69, 9.17) is 4.74 Å². The molecule has 210 valence electrons. The molecule has 9 nitrogen and oxygen atoms in total. The number of fused-ring (bicyclic) bond motifs is 2. The molecule has 0 saturated carbocycles. The number of piperazine rings is 1. The molecule has 2 aromatic carbocycles. The maximum atomic E-state index is 15.9. The minimum absolute atomic E-state index is 0.0369. The van der Waals surface area contributed by atoms with Gasteiger partial charge in [-0.1, -0.05) is 6.92 Å². The van der Waals surface area contributed by atoms with E-state index in [1.54, 1.807) is 15.7 Å². The van der Waals surface area contributed by atoms with Gasteiger partial charge in [-0.05, 0) is 72.8 Å². The van der Waals surface area contributed by atoms with Crippen molar-refractivity contribution in [2.45, 2.75) is 26.2 Å². The lowest BCUT2D eigenvalue weighted by Gasteiger charge is -2.37. The van der Waals surface area contributed by atoms with Crippen molar-refractivity contribution >= 4 is 51.0 Å². The normalized spacial score (nSPS) is 16.7. The fourth-order valence-corrected chi connectivity index (χ4v) is 6.33. The Balaban J connectivity index is 1.42. The Labute approximate surface area is 245 Å². The van der Waals surface area contributed by atoms with E-state index in [1.807, 2.05) is 30.0 Å². The zero-order chi connectivity index (χ0) is 28.0. The number of pyridine rings is 1. The molecule has 0 radical (unpaired) electrons. The van der Waals surface area contributed by atoms with Gasteiger partial charge >= 0.3 is 0 Å². The average molecular weight is 660 g/mol. The van der Waals surface area contributed by atoms with E-state index in [-0.39, 0.29) is 28.3 Å². The van der Waals surface area contributed by atoms with Crippen molar-refractivity contribution in [2.75, 3.05) is 57.3 Å². The number of likely N-dealkylation sites (tertiary alicyclic amines) is 1. The number of ether oxygens (including phenoxy) is 1. The van der Waals surface area contributed by atoms with Crippen LogP contribution in [-0.4, -0.2) is 78.5 Å². The largest absolute Gasteiger partial charge is 0.451 e. The first kappa shape index (κ1) is 27.0. The van der Waals surface area contributed by atoms with Crippen LogP contribution in [0.25, 0.3) is 16.6 Å². The third-order valence-electron chi connectivity index (χ3n) is 7.97. The predicted molar refractivity (Wildman–Crippen MR) is 159 cm³/mol. The second-order valence-corrected chi connectivity index (χ2v) is 11.7. The van der Waals surface area contributed by atoms with Crippen molar-refractivity contribution in [3.05, 3.63) is 55.6 Å². The molecule has 40 heavy (non-hydrogen) atoms. The van der Waals surface area contributed by atoms with Crippen LogP contribution in [0.2, 0.25) is 0 Å². The second kappa shape index (κ2) is 11.0. The monoisotopic (exact) mass is 659 g/mol. The summed E-state index contributed by atoms with van der Waals surface area (Å²) < 4.78 is 25.0. The summed E-state index contributed by atoms with van der Waals surface area (Å²) in [5.41, 5.74) is 0.782. The minimum atomic E-state index is -0.595. The Morgan fingerprint density at radius 3 is 2.55 bits per heavy atom. The van der Waals surface area contributed by atoms with E-state index in [1.165, 1.54) is 6.07 Å². The molecule has 0 aliphatic carbocycles. The molecule has 1 aromatic heterocycles. The molecule has 1 N–H and O–H groups in total. The molecule has 3 aliphatic rings. The van der Waals surface area contributed by atoms with Crippen LogP contribution in [-0.2, 0) is 4.79 Å². The van der Waals surface area contributed by atoms with Crippen LogP contribution in [0.4, 0.5) is 10.1 Å². The first-order valence-corrected chi connectivity index (χ1v) is 14.9. The highest BCUT2D eigenvalue weighted by molar-refractivity contribution is 14.1. The van der Waals surface area contributed by atoms with E-state index in [0.29, 0.717) is 56.1 Å². The lowest BCUT2D eigenvalue weighted by molar-refractivity contribution is -0.131. The fourth-order valence-electron chi connectivity index (χ4n) is 5.87. The number of halogens is 2. The van der Waals surface area contributed by atoms with E-state index in [0.717, 1.165) is 36.0 Å². The Hall–Kier alpha value is -3.19. The molecule has 2 amide bonds. The lowest BCUT2D eigenvalue weighted by atomic mass is 10.0. The van der Waals surface area contributed by atoms with Crippen LogP contribution in [0.5, 0.6) is 11.5 Å². The van der Waals surface area contributed by atoms with Crippen molar-refractivity contribution < 1.29 is 18.7 Å². The number of anilines is 1. The smallest absolute Gasteiger partial charge is 0.256 e. The molecular weight excluding hydrogens is 628 g/mol. The van der Waals surface area contributed by atoms with Crippen LogP contribution >= 0.6 is 22.6 Å². The van der Waals surface area contributed by atoms with Gasteiger partial charge in [0.1, 0.15) is 16.8 Å². The quantitative estimate of drug-likeness (QED) is 0.318. The summed E-state index contributed by atoms with van der Waals surface area (Å²) in [6.45, 7) is 6.84. The van der Waals surface area contributed by atoms with Gasteiger partial charge in [0.2, 0.25) is 11.3 Å². The molecule has 0 spiro atoms. The Morgan fingerprint density at radius 2 is 1.82 bits per heavy atom. The van der Waals surface area contributed by atoms with E-state index in [2.05, 4.69) is 32.8 Å². The van der Waals surface area contributed by atoms with Crippen molar-refractivity contribution in [3.63, 3.8) is 0 Å². The summed E-state index contributed by atoms with van der Waals surface area (Å²) in [5.74, 6) is -0.243. The maximum Gasteiger partial charge on any atom is 0.256 e. The van der Waals surface area contributed by atoms with Crippen LogP contribution in [0.1, 0.15) is 36.5 Å². The minimum Gasteiger partial charge on any atom is -0.451 e. The molecule has 4 heterocycles. The zero-order valence-corrected chi connectivity index (χ0v) is 24.5. The molecule has 11 heteroatoms. The number of nitrogens with zero attached hydrogens (tertiary/aromatic N) is 4. The van der Waals surface area contributed by atoms with Gasteiger partial charge in [-0.15, -0.1) is 0 Å². The maximum absolute atomic E-state index is 15.9. The van der Waals surface area contributed by atoms with Gasteiger partial charge < -0.3 is 29.3 Å². The molecule has 3 aromatic rings. The first-order valence-electron chi connectivity index (χ1n) is 13.8. The van der Waals surface area contributed by atoms with E-state index >= 15 is 4.39 Å². The summed E-state index contributed by atoms with van der Waals surface area (Å²) in [4.78, 5) is 45.0. The number of carbonyl (C=O) groups is 2. The molecule has 3 aliphatic heterocycles. The zero-order valence-electron chi connectivity index (χ0n) is 22.3. The van der Waals surface area contributed by atoms with Gasteiger partial charge in [-0.2, -0.15) is 0 Å². The topological polar surface area (TPSA) is 87.1 Å². The predicted octanol–water partition coefficient (Wildman–Crippen LogP) is 3.72. The van der Waals surface area contributed by atoms with Gasteiger partial charge in [0.05, 0.1) is 11.1 Å². The third kappa shape index (κ3) is 4.83. The molecule has 0 bridgehead atoms. The number of rotatable bonds is 6. The summed E-state index contributed by atoms with van der Waals surface area (Å²) in [7, 11) is 0. The van der Waals surface area contributed by atoms with Crippen LogP contribution in [0, 0.1) is 9.39 Å². The van der Waals surface area contributed by atoms with Gasteiger partial charge in [-0.3, -0.25) is 14.4 Å². The summed E-state index contributed by atoms with van der Waals surface area (Å²) in [5, 5.41) is 2.97. The standard InChI is InChI=1S/C29H31FIN5O4/c1-2-24(37)34-11-13-35(14-12-34)26-21(30)16-19-25-28(26)40-23-15-18(31)5-6-22(23)36(25)17-20(27(19)38)29(39)32-7-10-33-8-3-4-9-33/h5-6,15-17H,2-4,7-14H2,1H3,(H,32,39). The van der Waals surface area contributed by atoms with Crippen LogP contribution in [0.3, 0.4) is 0 Å². The number of nitrogens with one attached hydrogen (secondary N) is 1. The average Bonchev–Trinajstić information content (AvgIpc) is 3.47. The van der Waals surface area contributed by atoms with E-state index < -0.39 is 17.2 Å². The highest BCUT2D eigenvalue weighted by Gasteiger charge is 2.32. The summed E-state index contributed by atoms with van der Waals surface area (Å²) in [6, 6.07) is 6.86. The van der Waals surface area contributed by atoms with Crippen molar-refractivity contribution in [1.29, 1.82) is 0 Å². The van der Waals surface area contributed by atoms with E-state index in [9.17, 15) is 14.4 Å². The number of hydrogen-bond donors (Lipinski definition) is 1. The van der Waals surface area contributed by atoms with Gasteiger partial charge in [0.25, 0.3) is 5.91 Å². The molecule has 0 atom stereocenters. The second-order valence-electron chi connectivity index (χ2n) is 10.4. The summed E-state index contributed by atoms with van der Waals surface area (Å²) >= 11 is 2.19. The van der Waals surface area contributed by atoms with Crippen molar-refractivity contribution in [1.82, 2.24) is 19.7 Å². The number of hydrogen-bond acceptors (Lipinski definition) is 6. The SMILES string of the molecule is CCC(=O)N1CCN(c2c(F)cc3c(=O)c(C(=O)NCCN4CCCC4)cn4c3c2Oc2cc(I)ccc2-4)CC1. The molecule has 6 rings (SSSR count). The number of carbonyl (C=O) groups excluding carboxylic acids is 2. The Kier molecular flexibility index (Phi) is 7.43. The molecule has 2 saturated heterocycles. The highest BCUT2D eigenvalue weighted by Crippen LogP contribution is 2.47. The van der Waals surface area contributed by atoms with Gasteiger partial charge in [0.15, 0.2) is 17.3 Å². The highest BCUT2D eigenvalue weighted by atomic mass is 127. The van der Waals surface area contributed by atoms with Crippen molar-refractivity contribution in [2.24, 2.45) is 0 Å². The molecular formula is C29H31FIN5O4. The van der Waals surface area contributed by atoms with Gasteiger partial charge in [0, 0.05) is 55.5 Å². The fraction of sp³-hybridized carbons (Fsp3) is 0.414.